The van der Waals surface area contributed by atoms with Gasteiger partial charge in [0.25, 0.3) is 5.91 Å². The summed E-state index contributed by atoms with van der Waals surface area (Å²) in [4.78, 5) is 24.8. The molecule has 0 aliphatic carbocycles. The van der Waals surface area contributed by atoms with Crippen LogP contribution in [0.4, 0.5) is 18.9 Å². The maximum atomic E-state index is 12.7. The first-order chi connectivity index (χ1) is 16.3. The molecule has 0 aliphatic rings. The quantitative estimate of drug-likeness (QED) is 0.379. The van der Waals surface area contributed by atoms with Crippen LogP contribution in [0.3, 0.4) is 0 Å². The predicted octanol–water partition coefficient (Wildman–Crippen LogP) is 4.41. The lowest BCUT2D eigenvalue weighted by molar-refractivity contribution is -0.137. The zero-order valence-electron chi connectivity index (χ0n) is 17.5. The molecule has 2 aromatic heterocycles. The molecule has 0 saturated heterocycles. The summed E-state index contributed by atoms with van der Waals surface area (Å²) in [5.41, 5.74) is 1.33. The molecule has 2 aromatic carbocycles. The molecule has 0 atom stereocenters. The minimum Gasteiger partial charge on any atom is -0.348 e. The van der Waals surface area contributed by atoms with Gasteiger partial charge in [0.1, 0.15) is 0 Å². The number of aromatic nitrogens is 3. The molecular weight excluding hydrogens is 467 g/mol. The highest BCUT2D eigenvalue weighted by molar-refractivity contribution is 7.99. The van der Waals surface area contributed by atoms with Crippen LogP contribution in [0.1, 0.15) is 21.5 Å². The maximum absolute atomic E-state index is 12.7. The second kappa shape index (κ2) is 9.96. The maximum Gasteiger partial charge on any atom is 0.416 e. The highest BCUT2D eigenvalue weighted by Gasteiger charge is 2.30. The lowest BCUT2D eigenvalue weighted by Gasteiger charge is -2.09. The molecule has 0 spiro atoms. The lowest BCUT2D eigenvalue weighted by Crippen LogP contribution is -2.23. The van der Waals surface area contributed by atoms with E-state index in [4.69, 9.17) is 0 Å². The largest absolute Gasteiger partial charge is 0.416 e. The van der Waals surface area contributed by atoms with E-state index in [2.05, 4.69) is 20.8 Å². The molecule has 0 bridgehead atoms. The number of carbonyl (C=O) groups excluding carboxylic acids is 2. The number of rotatable bonds is 7. The van der Waals surface area contributed by atoms with Gasteiger partial charge < -0.3 is 10.6 Å². The Morgan fingerprint density at radius 1 is 0.941 bits per heavy atom. The molecule has 4 aromatic rings. The van der Waals surface area contributed by atoms with E-state index in [9.17, 15) is 22.8 Å². The number of halogens is 3. The van der Waals surface area contributed by atoms with E-state index in [-0.39, 0.29) is 17.3 Å². The van der Waals surface area contributed by atoms with Gasteiger partial charge in [0.2, 0.25) is 5.91 Å². The van der Waals surface area contributed by atoms with Crippen LogP contribution in [-0.4, -0.2) is 32.2 Å². The number of anilines is 1. The number of fused-ring (bicyclic) bond motifs is 1. The van der Waals surface area contributed by atoms with Gasteiger partial charge in [0.05, 0.1) is 16.9 Å². The summed E-state index contributed by atoms with van der Waals surface area (Å²) >= 11 is 1.09. The summed E-state index contributed by atoms with van der Waals surface area (Å²) in [6, 6.07) is 17.0. The summed E-state index contributed by atoms with van der Waals surface area (Å²) < 4.78 is 39.6. The van der Waals surface area contributed by atoms with E-state index >= 15 is 0 Å². The topological polar surface area (TPSA) is 88.4 Å². The Morgan fingerprint density at radius 2 is 1.68 bits per heavy atom. The van der Waals surface area contributed by atoms with Crippen molar-refractivity contribution in [2.24, 2.45) is 0 Å². The van der Waals surface area contributed by atoms with E-state index in [1.54, 1.807) is 22.7 Å². The zero-order valence-corrected chi connectivity index (χ0v) is 18.4. The van der Waals surface area contributed by atoms with Gasteiger partial charge >= 0.3 is 6.18 Å². The lowest BCUT2D eigenvalue weighted by atomic mass is 10.2. The molecule has 2 heterocycles. The van der Waals surface area contributed by atoms with E-state index in [1.807, 2.05) is 30.3 Å². The summed E-state index contributed by atoms with van der Waals surface area (Å²) in [6.07, 6.45) is -2.85. The van der Waals surface area contributed by atoms with Crippen LogP contribution in [0.5, 0.6) is 0 Å². The fourth-order valence-corrected chi connectivity index (χ4v) is 3.77. The molecule has 11 heteroatoms. The number of carbonyl (C=O) groups is 2. The average molecular weight is 485 g/mol. The predicted molar refractivity (Wildman–Crippen MR) is 121 cm³/mol. The minimum atomic E-state index is -4.44. The number of thioether (sulfide) groups is 1. The van der Waals surface area contributed by atoms with Crippen LogP contribution < -0.4 is 10.6 Å². The normalized spacial score (nSPS) is 11.4. The standard InChI is InChI=1S/C23H18F3N5O2S/c24-23(25,26)17-7-9-18(10-8-17)28-20(32)14-34-22-30-29-19-11-6-16(13-31(19)22)21(33)27-12-15-4-2-1-3-5-15/h1-11,13H,12,14H2,(H,27,33)(H,28,32). The number of pyridine rings is 1. The molecule has 4 rings (SSSR count). The third-order valence-electron chi connectivity index (χ3n) is 4.76. The van der Waals surface area contributed by atoms with Crippen molar-refractivity contribution in [3.05, 3.63) is 89.6 Å². The first-order valence-corrected chi connectivity index (χ1v) is 11.0. The van der Waals surface area contributed by atoms with Crippen molar-refractivity contribution in [1.29, 1.82) is 0 Å². The number of alkyl halides is 3. The van der Waals surface area contributed by atoms with Gasteiger partial charge in [-0.25, -0.2) is 0 Å². The van der Waals surface area contributed by atoms with E-state index in [0.717, 1.165) is 29.5 Å². The summed E-state index contributed by atoms with van der Waals surface area (Å²) in [5, 5.41) is 13.9. The van der Waals surface area contributed by atoms with Crippen molar-refractivity contribution in [3.8, 4) is 0 Å². The number of hydrogen-bond donors (Lipinski definition) is 2. The Bertz CT molecular complexity index is 1310. The molecule has 0 unspecified atom stereocenters. The van der Waals surface area contributed by atoms with Crippen molar-refractivity contribution in [2.45, 2.75) is 17.9 Å². The number of nitrogens with zero attached hydrogens (tertiary/aromatic N) is 3. The second-order valence-electron chi connectivity index (χ2n) is 7.21. The van der Waals surface area contributed by atoms with E-state index in [1.165, 1.54) is 12.1 Å². The van der Waals surface area contributed by atoms with Gasteiger partial charge in [-0.05, 0) is 42.0 Å². The molecule has 0 saturated carbocycles. The van der Waals surface area contributed by atoms with Crippen LogP contribution in [0, 0.1) is 0 Å². The van der Waals surface area contributed by atoms with Gasteiger partial charge in [0.15, 0.2) is 10.8 Å². The molecule has 2 amide bonds. The van der Waals surface area contributed by atoms with Gasteiger partial charge in [-0.2, -0.15) is 13.2 Å². The second-order valence-corrected chi connectivity index (χ2v) is 8.15. The van der Waals surface area contributed by atoms with Crippen molar-refractivity contribution < 1.29 is 22.8 Å². The highest BCUT2D eigenvalue weighted by Crippen LogP contribution is 2.30. The number of amides is 2. The molecule has 0 radical (unpaired) electrons. The van der Waals surface area contributed by atoms with Gasteiger partial charge in [-0.1, -0.05) is 42.1 Å². The Kier molecular flexibility index (Phi) is 6.82. The fraction of sp³-hybridized carbons (Fsp3) is 0.130. The smallest absolute Gasteiger partial charge is 0.348 e. The number of hydrogen-bond acceptors (Lipinski definition) is 5. The van der Waals surface area contributed by atoms with Crippen LogP contribution in [-0.2, 0) is 17.5 Å². The van der Waals surface area contributed by atoms with E-state index < -0.39 is 17.6 Å². The first kappa shape index (κ1) is 23.3. The van der Waals surface area contributed by atoms with Gasteiger partial charge in [-0.3, -0.25) is 14.0 Å². The molecule has 34 heavy (non-hydrogen) atoms. The molecule has 0 fully saturated rings. The molecule has 7 nitrogen and oxygen atoms in total. The minimum absolute atomic E-state index is 0.0494. The summed E-state index contributed by atoms with van der Waals surface area (Å²) in [6.45, 7) is 0.381. The average Bonchev–Trinajstić information content (AvgIpc) is 3.24. The number of nitrogens with one attached hydrogen (secondary N) is 2. The van der Waals surface area contributed by atoms with Crippen LogP contribution in [0.2, 0.25) is 0 Å². The van der Waals surface area contributed by atoms with Crippen molar-refractivity contribution in [3.63, 3.8) is 0 Å². The van der Waals surface area contributed by atoms with Crippen LogP contribution in [0.25, 0.3) is 5.65 Å². The third-order valence-corrected chi connectivity index (χ3v) is 5.70. The SMILES string of the molecule is O=C(CSc1nnc2ccc(C(=O)NCc3ccccc3)cn12)Nc1ccc(C(F)(F)F)cc1. The van der Waals surface area contributed by atoms with E-state index in [0.29, 0.717) is 22.9 Å². The Hall–Kier alpha value is -3.86. The third kappa shape index (κ3) is 5.73. The molecule has 2 N–H and O–H groups in total. The first-order valence-electron chi connectivity index (χ1n) is 10.1. The van der Waals surface area contributed by atoms with Crippen LogP contribution in [0.15, 0.2) is 78.1 Å². The van der Waals surface area contributed by atoms with Crippen molar-refractivity contribution in [2.75, 3.05) is 11.1 Å². The number of benzene rings is 2. The Balaban J connectivity index is 1.37. The Morgan fingerprint density at radius 3 is 2.38 bits per heavy atom. The summed E-state index contributed by atoms with van der Waals surface area (Å²) in [5.74, 6) is -0.736. The monoisotopic (exact) mass is 485 g/mol. The van der Waals surface area contributed by atoms with Gasteiger partial charge in [-0.15, -0.1) is 10.2 Å². The van der Waals surface area contributed by atoms with Crippen LogP contribution >= 0.6 is 11.8 Å². The van der Waals surface area contributed by atoms with Crippen molar-refractivity contribution in [1.82, 2.24) is 19.9 Å². The molecule has 174 valence electrons. The fourth-order valence-electron chi connectivity index (χ4n) is 3.05. The molecular formula is C23H18F3N5O2S. The zero-order chi connectivity index (χ0) is 24.1. The Labute approximate surface area is 196 Å². The highest BCUT2D eigenvalue weighted by atomic mass is 32.2. The molecule has 0 aliphatic heterocycles. The van der Waals surface area contributed by atoms with Crippen molar-refractivity contribution >= 4 is 34.9 Å². The summed E-state index contributed by atoms with van der Waals surface area (Å²) in [7, 11) is 0. The van der Waals surface area contributed by atoms with Gasteiger partial charge in [0, 0.05) is 18.4 Å².